The van der Waals surface area contributed by atoms with Gasteiger partial charge in [0.15, 0.2) is 5.65 Å². The summed E-state index contributed by atoms with van der Waals surface area (Å²) in [5, 5.41) is 7.30. The summed E-state index contributed by atoms with van der Waals surface area (Å²) in [6.07, 6.45) is 2.96. The highest BCUT2D eigenvalue weighted by Crippen LogP contribution is 2.14. The second-order valence-corrected chi connectivity index (χ2v) is 6.19. The summed E-state index contributed by atoms with van der Waals surface area (Å²) < 4.78 is 20.9. The first-order valence-electron chi connectivity index (χ1n) is 8.47. The third-order valence-electron chi connectivity index (χ3n) is 4.03. The minimum Gasteiger partial charge on any atom is -0.383 e. The number of ether oxygens (including phenoxy) is 1. The molecule has 0 spiro atoms. The van der Waals surface area contributed by atoms with Crippen molar-refractivity contribution in [1.29, 1.82) is 0 Å². The van der Waals surface area contributed by atoms with E-state index in [1.54, 1.807) is 19.2 Å². The van der Waals surface area contributed by atoms with Gasteiger partial charge in [0.05, 0.1) is 24.8 Å². The van der Waals surface area contributed by atoms with E-state index in [9.17, 15) is 14.0 Å². The zero-order valence-electron chi connectivity index (χ0n) is 15.1. The highest BCUT2D eigenvalue weighted by molar-refractivity contribution is 5.76. The molecule has 8 nitrogen and oxygen atoms in total. The second kappa shape index (κ2) is 8.09. The zero-order valence-corrected chi connectivity index (χ0v) is 15.1. The largest absolute Gasteiger partial charge is 0.383 e. The van der Waals surface area contributed by atoms with Crippen molar-refractivity contribution >= 4 is 16.9 Å². The Balaban J connectivity index is 1.77. The lowest BCUT2D eigenvalue weighted by Crippen LogP contribution is -2.36. The molecular weight excluding hydrogens is 353 g/mol. The van der Waals surface area contributed by atoms with Gasteiger partial charge in [-0.05, 0) is 31.2 Å². The van der Waals surface area contributed by atoms with Gasteiger partial charge in [0.25, 0.3) is 5.56 Å². The predicted molar refractivity (Wildman–Crippen MR) is 97.2 cm³/mol. The number of carbonyl (C=O) groups excluding carboxylic acids is 1. The van der Waals surface area contributed by atoms with E-state index in [1.807, 2.05) is 6.92 Å². The van der Waals surface area contributed by atoms with Crippen molar-refractivity contribution < 1.29 is 13.9 Å². The average molecular weight is 373 g/mol. The fourth-order valence-electron chi connectivity index (χ4n) is 2.74. The molecule has 27 heavy (non-hydrogen) atoms. The van der Waals surface area contributed by atoms with Crippen LogP contribution in [0.25, 0.3) is 16.7 Å². The number of methoxy groups -OCH3 is 1. The summed E-state index contributed by atoms with van der Waals surface area (Å²) >= 11 is 0. The van der Waals surface area contributed by atoms with Gasteiger partial charge in [0.1, 0.15) is 11.2 Å². The highest BCUT2D eigenvalue weighted by atomic mass is 19.1. The number of amides is 1. The number of nitrogens with one attached hydrogen (secondary N) is 1. The Labute approximate surface area is 154 Å². The zero-order chi connectivity index (χ0) is 19.4. The fourth-order valence-corrected chi connectivity index (χ4v) is 2.74. The molecule has 1 amide bonds. The van der Waals surface area contributed by atoms with E-state index in [-0.39, 0.29) is 36.3 Å². The quantitative estimate of drug-likeness (QED) is 0.673. The predicted octanol–water partition coefficient (Wildman–Crippen LogP) is 1.26. The Morgan fingerprint density at radius 3 is 2.78 bits per heavy atom. The molecular formula is C18H20FN5O3. The van der Waals surface area contributed by atoms with Crippen LogP contribution in [0.5, 0.6) is 0 Å². The molecule has 0 saturated heterocycles. The van der Waals surface area contributed by atoms with Gasteiger partial charge >= 0.3 is 0 Å². The summed E-state index contributed by atoms with van der Waals surface area (Å²) in [6, 6.07) is 5.63. The van der Waals surface area contributed by atoms with Crippen molar-refractivity contribution in [3.8, 4) is 5.69 Å². The topological polar surface area (TPSA) is 91.0 Å². The van der Waals surface area contributed by atoms with Crippen LogP contribution in [-0.4, -0.2) is 45.0 Å². The van der Waals surface area contributed by atoms with Crippen molar-refractivity contribution in [3.63, 3.8) is 0 Å². The van der Waals surface area contributed by atoms with E-state index in [4.69, 9.17) is 4.74 Å². The number of carbonyl (C=O) groups is 1. The number of hydrogen-bond acceptors (Lipinski definition) is 5. The molecule has 142 valence electrons. The van der Waals surface area contributed by atoms with Crippen LogP contribution in [0.1, 0.15) is 13.3 Å². The van der Waals surface area contributed by atoms with Gasteiger partial charge in [-0.2, -0.15) is 5.10 Å². The van der Waals surface area contributed by atoms with Gasteiger partial charge in [-0.3, -0.25) is 14.2 Å². The Morgan fingerprint density at radius 2 is 2.07 bits per heavy atom. The van der Waals surface area contributed by atoms with Crippen molar-refractivity contribution in [3.05, 3.63) is 53.0 Å². The molecule has 2 aromatic heterocycles. The molecule has 1 unspecified atom stereocenters. The molecule has 0 aliphatic carbocycles. The van der Waals surface area contributed by atoms with Gasteiger partial charge in [0.2, 0.25) is 5.91 Å². The third-order valence-corrected chi connectivity index (χ3v) is 4.03. The van der Waals surface area contributed by atoms with Crippen molar-refractivity contribution in [2.45, 2.75) is 25.9 Å². The molecule has 1 aromatic carbocycles. The normalized spacial score (nSPS) is 12.3. The molecule has 1 N–H and O–H groups in total. The van der Waals surface area contributed by atoms with E-state index in [0.29, 0.717) is 23.3 Å². The van der Waals surface area contributed by atoms with E-state index in [2.05, 4.69) is 15.4 Å². The second-order valence-electron chi connectivity index (χ2n) is 6.19. The molecule has 0 bridgehead atoms. The smallest absolute Gasteiger partial charge is 0.264 e. The van der Waals surface area contributed by atoms with Gasteiger partial charge < -0.3 is 10.1 Å². The van der Waals surface area contributed by atoms with Crippen LogP contribution in [-0.2, 0) is 16.1 Å². The molecule has 0 radical (unpaired) electrons. The molecule has 3 aromatic rings. The Kier molecular flexibility index (Phi) is 5.60. The lowest BCUT2D eigenvalue weighted by Gasteiger charge is -2.13. The number of fused-ring (bicyclic) bond motifs is 1. The van der Waals surface area contributed by atoms with Crippen molar-refractivity contribution in [2.24, 2.45) is 0 Å². The number of rotatable bonds is 7. The molecule has 3 rings (SSSR count). The minimum absolute atomic E-state index is 0.103. The minimum atomic E-state index is -0.358. The number of benzene rings is 1. The van der Waals surface area contributed by atoms with E-state index in [0.717, 1.165) is 0 Å². The summed E-state index contributed by atoms with van der Waals surface area (Å²) in [6.45, 7) is 2.46. The van der Waals surface area contributed by atoms with Crippen LogP contribution in [0.4, 0.5) is 4.39 Å². The van der Waals surface area contributed by atoms with Crippen LogP contribution >= 0.6 is 0 Å². The maximum atomic E-state index is 13.1. The first-order valence-corrected chi connectivity index (χ1v) is 8.47. The first-order chi connectivity index (χ1) is 13.0. The van der Waals surface area contributed by atoms with Gasteiger partial charge in [-0.25, -0.2) is 14.1 Å². The highest BCUT2D eigenvalue weighted by Gasteiger charge is 2.13. The molecule has 0 fully saturated rings. The summed E-state index contributed by atoms with van der Waals surface area (Å²) in [4.78, 5) is 28.9. The van der Waals surface area contributed by atoms with Crippen LogP contribution in [0, 0.1) is 5.82 Å². The monoisotopic (exact) mass is 373 g/mol. The summed E-state index contributed by atoms with van der Waals surface area (Å²) in [7, 11) is 1.56. The Morgan fingerprint density at radius 1 is 1.33 bits per heavy atom. The third kappa shape index (κ3) is 4.20. The van der Waals surface area contributed by atoms with E-state index < -0.39 is 0 Å². The number of aromatic nitrogens is 4. The fraction of sp³-hybridized carbons (Fsp3) is 0.333. The summed E-state index contributed by atoms with van der Waals surface area (Å²) in [5.41, 5.74) is 0.690. The number of nitrogens with zero attached hydrogens (tertiary/aromatic N) is 4. The van der Waals surface area contributed by atoms with Crippen LogP contribution in [0.3, 0.4) is 0 Å². The van der Waals surface area contributed by atoms with Gasteiger partial charge in [-0.15, -0.1) is 0 Å². The number of halogens is 1. The van der Waals surface area contributed by atoms with Gasteiger partial charge in [-0.1, -0.05) is 0 Å². The molecule has 9 heteroatoms. The molecule has 0 aliphatic heterocycles. The van der Waals surface area contributed by atoms with Crippen molar-refractivity contribution in [2.75, 3.05) is 13.7 Å². The average Bonchev–Trinajstić information content (AvgIpc) is 3.07. The van der Waals surface area contributed by atoms with Crippen LogP contribution < -0.4 is 10.9 Å². The van der Waals surface area contributed by atoms with Crippen LogP contribution in [0.15, 0.2) is 41.6 Å². The SMILES string of the molecule is COCC(C)NC(=O)CCn1cnc2c(cnn2-c2ccc(F)cc2)c1=O. The first kappa shape index (κ1) is 18.7. The molecule has 1 atom stereocenters. The van der Waals surface area contributed by atoms with Crippen molar-refractivity contribution in [1.82, 2.24) is 24.6 Å². The molecule has 0 aliphatic rings. The standard InChI is InChI=1S/C18H20FN5O3/c1-12(10-27-2)22-16(25)7-8-23-11-20-17-15(18(23)26)9-21-24(17)14-5-3-13(19)4-6-14/h3-6,9,11-12H,7-8,10H2,1-2H3,(H,22,25). The lowest BCUT2D eigenvalue weighted by atomic mass is 10.3. The Hall–Kier alpha value is -3.07. The lowest BCUT2D eigenvalue weighted by molar-refractivity contribution is -0.122. The molecule has 2 heterocycles. The Bertz CT molecular complexity index is 996. The summed E-state index contributed by atoms with van der Waals surface area (Å²) in [5.74, 6) is -0.530. The van der Waals surface area contributed by atoms with Gasteiger partial charge in [0, 0.05) is 26.1 Å². The van der Waals surface area contributed by atoms with E-state index >= 15 is 0 Å². The maximum absolute atomic E-state index is 13.1. The maximum Gasteiger partial charge on any atom is 0.264 e. The number of hydrogen-bond donors (Lipinski definition) is 1. The molecule has 0 saturated carbocycles. The number of aryl methyl sites for hydroxylation is 1. The van der Waals surface area contributed by atoms with E-state index in [1.165, 1.54) is 33.9 Å². The van der Waals surface area contributed by atoms with Crippen LogP contribution in [0.2, 0.25) is 0 Å².